The van der Waals surface area contributed by atoms with Gasteiger partial charge in [0.15, 0.2) is 0 Å². The SMILES string of the molecule is CN(C)c1ccc(C(O)CNS(=O)(=O)c2ccc(C(F)(F)F)cc2)cc1. The van der Waals surface area contributed by atoms with Crippen molar-refractivity contribution in [2.45, 2.75) is 17.2 Å². The number of benzene rings is 2. The lowest BCUT2D eigenvalue weighted by Gasteiger charge is -2.16. The second kappa shape index (κ2) is 7.65. The molecular weight excluding hydrogens is 369 g/mol. The van der Waals surface area contributed by atoms with Gasteiger partial charge in [0.05, 0.1) is 16.6 Å². The smallest absolute Gasteiger partial charge is 0.387 e. The predicted molar refractivity (Wildman–Crippen MR) is 92.4 cm³/mol. The van der Waals surface area contributed by atoms with Crippen molar-refractivity contribution >= 4 is 15.7 Å². The molecule has 0 spiro atoms. The Labute approximate surface area is 150 Å². The average molecular weight is 388 g/mol. The van der Waals surface area contributed by atoms with E-state index in [-0.39, 0.29) is 11.4 Å². The van der Waals surface area contributed by atoms with Gasteiger partial charge in [-0.1, -0.05) is 12.1 Å². The van der Waals surface area contributed by atoms with Crippen LogP contribution in [0.3, 0.4) is 0 Å². The number of nitrogens with one attached hydrogen (secondary N) is 1. The lowest BCUT2D eigenvalue weighted by atomic mass is 10.1. The molecule has 0 amide bonds. The first kappa shape index (κ1) is 20.2. The third kappa shape index (κ3) is 4.96. The van der Waals surface area contributed by atoms with Crippen molar-refractivity contribution in [3.63, 3.8) is 0 Å². The Morgan fingerprint density at radius 1 is 1.04 bits per heavy atom. The van der Waals surface area contributed by atoms with E-state index >= 15 is 0 Å². The van der Waals surface area contributed by atoms with Gasteiger partial charge in [-0.05, 0) is 42.0 Å². The molecule has 0 aliphatic carbocycles. The highest BCUT2D eigenvalue weighted by Crippen LogP contribution is 2.29. The third-order valence-electron chi connectivity index (χ3n) is 3.75. The number of rotatable bonds is 6. The molecule has 26 heavy (non-hydrogen) atoms. The largest absolute Gasteiger partial charge is 0.416 e. The zero-order valence-electron chi connectivity index (χ0n) is 14.2. The Hall–Kier alpha value is -2.10. The first-order chi connectivity index (χ1) is 12.0. The van der Waals surface area contributed by atoms with Gasteiger partial charge in [-0.2, -0.15) is 13.2 Å². The Balaban J connectivity index is 2.05. The van der Waals surface area contributed by atoms with Crippen molar-refractivity contribution in [2.24, 2.45) is 0 Å². The normalized spacial score (nSPS) is 13.5. The summed E-state index contributed by atoms with van der Waals surface area (Å²) >= 11 is 0. The third-order valence-corrected chi connectivity index (χ3v) is 5.19. The van der Waals surface area contributed by atoms with E-state index in [1.54, 1.807) is 24.3 Å². The molecule has 0 radical (unpaired) electrons. The molecule has 5 nitrogen and oxygen atoms in total. The van der Waals surface area contributed by atoms with Gasteiger partial charge in [0.1, 0.15) is 0 Å². The molecule has 0 saturated carbocycles. The van der Waals surface area contributed by atoms with Crippen LogP contribution in [0.15, 0.2) is 53.4 Å². The second-order valence-corrected chi connectivity index (χ2v) is 7.64. The minimum Gasteiger partial charge on any atom is -0.387 e. The summed E-state index contributed by atoms with van der Waals surface area (Å²) in [4.78, 5) is 1.57. The maximum absolute atomic E-state index is 12.5. The van der Waals surface area contributed by atoms with Crippen LogP contribution in [0.2, 0.25) is 0 Å². The minimum atomic E-state index is -4.54. The van der Waals surface area contributed by atoms with Crippen molar-refractivity contribution in [2.75, 3.05) is 25.5 Å². The van der Waals surface area contributed by atoms with Gasteiger partial charge in [0.2, 0.25) is 10.0 Å². The summed E-state index contributed by atoms with van der Waals surface area (Å²) in [6, 6.07) is 10.1. The van der Waals surface area contributed by atoms with E-state index in [9.17, 15) is 26.7 Å². The fourth-order valence-electron chi connectivity index (χ4n) is 2.21. The van der Waals surface area contributed by atoms with Crippen molar-refractivity contribution in [1.29, 1.82) is 0 Å². The van der Waals surface area contributed by atoms with Crippen LogP contribution < -0.4 is 9.62 Å². The van der Waals surface area contributed by atoms with E-state index in [0.29, 0.717) is 17.7 Å². The van der Waals surface area contributed by atoms with E-state index in [0.717, 1.165) is 17.8 Å². The number of aliphatic hydroxyl groups is 1. The van der Waals surface area contributed by atoms with Crippen LogP contribution in [-0.2, 0) is 16.2 Å². The summed E-state index contributed by atoms with van der Waals surface area (Å²) in [5, 5.41) is 10.1. The Morgan fingerprint density at radius 2 is 1.58 bits per heavy atom. The lowest BCUT2D eigenvalue weighted by molar-refractivity contribution is -0.137. The van der Waals surface area contributed by atoms with Gasteiger partial charge < -0.3 is 10.0 Å². The molecule has 2 aromatic rings. The molecule has 2 N–H and O–H groups in total. The predicted octanol–water partition coefficient (Wildman–Crippen LogP) is 2.78. The number of alkyl halides is 3. The van der Waals surface area contributed by atoms with Crippen LogP contribution in [-0.4, -0.2) is 34.2 Å². The fourth-order valence-corrected chi connectivity index (χ4v) is 3.25. The van der Waals surface area contributed by atoms with E-state index in [1.165, 1.54) is 0 Å². The highest BCUT2D eigenvalue weighted by atomic mass is 32.2. The summed E-state index contributed by atoms with van der Waals surface area (Å²) < 4.78 is 64.1. The van der Waals surface area contributed by atoms with E-state index < -0.39 is 27.9 Å². The van der Waals surface area contributed by atoms with Crippen molar-refractivity contribution in [1.82, 2.24) is 4.72 Å². The minimum absolute atomic E-state index is 0.301. The number of halogens is 3. The maximum Gasteiger partial charge on any atom is 0.416 e. The van der Waals surface area contributed by atoms with Gasteiger partial charge in [-0.15, -0.1) is 0 Å². The quantitative estimate of drug-likeness (QED) is 0.799. The van der Waals surface area contributed by atoms with Crippen LogP contribution in [0, 0.1) is 0 Å². The number of anilines is 1. The molecule has 142 valence electrons. The highest BCUT2D eigenvalue weighted by molar-refractivity contribution is 7.89. The zero-order valence-corrected chi connectivity index (χ0v) is 15.0. The van der Waals surface area contributed by atoms with Gasteiger partial charge in [0.25, 0.3) is 0 Å². The first-order valence-electron chi connectivity index (χ1n) is 7.63. The molecule has 0 heterocycles. The summed E-state index contributed by atoms with van der Waals surface area (Å²) in [5.41, 5.74) is 0.509. The molecule has 1 atom stereocenters. The molecule has 0 aromatic heterocycles. The first-order valence-corrected chi connectivity index (χ1v) is 9.11. The lowest BCUT2D eigenvalue weighted by Crippen LogP contribution is -2.28. The number of nitrogens with zero attached hydrogens (tertiary/aromatic N) is 1. The molecule has 0 saturated heterocycles. The van der Waals surface area contributed by atoms with E-state index in [4.69, 9.17) is 0 Å². The van der Waals surface area contributed by atoms with Crippen LogP contribution in [0.5, 0.6) is 0 Å². The van der Waals surface area contributed by atoms with Crippen LogP contribution in [0.25, 0.3) is 0 Å². The topological polar surface area (TPSA) is 69.6 Å². The summed E-state index contributed by atoms with van der Waals surface area (Å²) in [6.45, 7) is -0.301. The van der Waals surface area contributed by atoms with Crippen LogP contribution in [0.4, 0.5) is 18.9 Å². The van der Waals surface area contributed by atoms with Gasteiger partial charge >= 0.3 is 6.18 Å². The number of hydrogen-bond donors (Lipinski definition) is 2. The standard InChI is InChI=1S/C17H19F3N2O3S/c1-22(2)14-7-3-12(4-8-14)16(23)11-21-26(24,25)15-9-5-13(6-10-15)17(18,19)20/h3-10,16,21,23H,11H2,1-2H3. The molecule has 1 unspecified atom stereocenters. The highest BCUT2D eigenvalue weighted by Gasteiger charge is 2.30. The molecule has 0 aliphatic rings. The molecule has 2 rings (SSSR count). The fraction of sp³-hybridized carbons (Fsp3) is 0.294. The van der Waals surface area contributed by atoms with E-state index in [2.05, 4.69) is 4.72 Å². The molecular formula is C17H19F3N2O3S. The molecule has 0 bridgehead atoms. The Morgan fingerprint density at radius 3 is 2.04 bits per heavy atom. The van der Waals surface area contributed by atoms with E-state index in [1.807, 2.05) is 19.0 Å². The zero-order chi connectivity index (χ0) is 19.5. The Bertz CT molecular complexity index is 833. The Kier molecular flexibility index (Phi) is 5.94. The van der Waals surface area contributed by atoms with Gasteiger partial charge in [-0.3, -0.25) is 0 Å². The number of aliphatic hydroxyl groups excluding tert-OH is 1. The van der Waals surface area contributed by atoms with Gasteiger partial charge in [0, 0.05) is 26.3 Å². The van der Waals surface area contributed by atoms with Crippen molar-refractivity contribution < 1.29 is 26.7 Å². The summed E-state index contributed by atoms with van der Waals surface area (Å²) in [6.07, 6.45) is -5.62. The second-order valence-electron chi connectivity index (χ2n) is 5.88. The van der Waals surface area contributed by atoms with Crippen molar-refractivity contribution in [3.8, 4) is 0 Å². The maximum atomic E-state index is 12.5. The van der Waals surface area contributed by atoms with Crippen molar-refractivity contribution in [3.05, 3.63) is 59.7 Å². The average Bonchev–Trinajstić information content (AvgIpc) is 2.59. The summed E-state index contributed by atoms with van der Waals surface area (Å²) in [7, 11) is -0.303. The number of hydrogen-bond acceptors (Lipinski definition) is 4. The van der Waals surface area contributed by atoms with Crippen LogP contribution >= 0.6 is 0 Å². The monoisotopic (exact) mass is 388 g/mol. The molecule has 9 heteroatoms. The van der Waals surface area contributed by atoms with Crippen LogP contribution in [0.1, 0.15) is 17.2 Å². The summed E-state index contributed by atoms with van der Waals surface area (Å²) in [5.74, 6) is 0. The van der Waals surface area contributed by atoms with Gasteiger partial charge in [-0.25, -0.2) is 13.1 Å². The molecule has 2 aromatic carbocycles. The number of sulfonamides is 1. The molecule has 0 fully saturated rings. The molecule has 0 aliphatic heterocycles.